The lowest BCUT2D eigenvalue weighted by molar-refractivity contribution is 0.0710. The van der Waals surface area contributed by atoms with Crippen molar-refractivity contribution in [3.63, 3.8) is 0 Å². The lowest BCUT2D eigenvalue weighted by atomic mass is 10.2. The van der Waals surface area contributed by atoms with Crippen molar-refractivity contribution in [3.8, 4) is 15.8 Å². The third-order valence-electron chi connectivity index (χ3n) is 2.69. The van der Waals surface area contributed by atoms with Crippen LogP contribution in [0, 0.1) is 29.1 Å². The molecule has 3 rings (SSSR count). The van der Waals surface area contributed by atoms with Crippen LogP contribution in [0.2, 0.25) is 0 Å². The number of nitrogens with zero attached hydrogens (tertiary/aromatic N) is 2. The second-order valence-electron chi connectivity index (χ2n) is 4.16. The van der Waals surface area contributed by atoms with Gasteiger partial charge in [-0.1, -0.05) is 0 Å². The Labute approximate surface area is 138 Å². The van der Waals surface area contributed by atoms with E-state index < -0.39 is 40.8 Å². The zero-order valence-electron chi connectivity index (χ0n) is 11.1. The molecule has 0 spiro atoms. The summed E-state index contributed by atoms with van der Waals surface area (Å²) < 4.78 is 70.3. The molecule has 0 amide bonds. The van der Waals surface area contributed by atoms with Crippen molar-refractivity contribution in [3.05, 3.63) is 51.7 Å². The van der Waals surface area contributed by atoms with Crippen LogP contribution >= 0.6 is 22.7 Å². The van der Waals surface area contributed by atoms with Gasteiger partial charge in [-0.25, -0.2) is 27.9 Å². The zero-order chi connectivity index (χ0) is 17.4. The number of carbonyl (C=O) groups is 1. The molecular formula is C13H3F5N2O2S2. The summed E-state index contributed by atoms with van der Waals surface area (Å²) in [5.74, 6) is -14.3. The second kappa shape index (κ2) is 6.24. The Bertz CT molecular complexity index is 898. The van der Waals surface area contributed by atoms with Gasteiger partial charge in [0.25, 0.3) is 0 Å². The Hall–Kier alpha value is -2.40. The maximum Gasteiger partial charge on any atom is 0.363 e. The summed E-state index contributed by atoms with van der Waals surface area (Å²) in [4.78, 5) is 19.7. The molecule has 2 heterocycles. The molecule has 24 heavy (non-hydrogen) atoms. The maximum absolute atomic E-state index is 13.5. The van der Waals surface area contributed by atoms with Gasteiger partial charge in [-0.15, -0.1) is 22.7 Å². The topological polar surface area (TPSA) is 52.1 Å². The molecular weight excluding hydrogens is 375 g/mol. The highest BCUT2D eigenvalue weighted by molar-refractivity contribution is 7.19. The SMILES string of the molecule is O=C(Oc1c(F)c(F)c(F)c(F)c1F)c1csc(-c2nccs2)n1. The smallest absolute Gasteiger partial charge is 0.363 e. The Morgan fingerprint density at radius 1 is 0.917 bits per heavy atom. The van der Waals surface area contributed by atoms with Gasteiger partial charge >= 0.3 is 5.97 Å². The van der Waals surface area contributed by atoms with E-state index in [0.29, 0.717) is 10.0 Å². The van der Waals surface area contributed by atoms with Crippen molar-refractivity contribution in [2.45, 2.75) is 0 Å². The molecule has 0 fully saturated rings. The van der Waals surface area contributed by atoms with E-state index in [1.807, 2.05) is 0 Å². The molecule has 0 unspecified atom stereocenters. The third kappa shape index (κ3) is 2.76. The molecule has 0 saturated heterocycles. The number of ether oxygens (including phenoxy) is 1. The number of halogens is 5. The summed E-state index contributed by atoms with van der Waals surface area (Å²) in [6.45, 7) is 0. The molecule has 2 aromatic heterocycles. The van der Waals surface area contributed by atoms with Crippen LogP contribution in [0.5, 0.6) is 5.75 Å². The standard InChI is InChI=1S/C13H3F5N2O2S2/c14-5-6(15)8(17)10(9(18)7(5)16)22-13(21)4-3-24-12(20-4)11-19-1-2-23-11/h1-3H. The first-order valence-corrected chi connectivity index (χ1v) is 7.75. The number of aromatic nitrogens is 2. The van der Waals surface area contributed by atoms with E-state index in [2.05, 4.69) is 14.7 Å². The summed E-state index contributed by atoms with van der Waals surface area (Å²) in [7, 11) is 0. The average molecular weight is 378 g/mol. The van der Waals surface area contributed by atoms with Gasteiger partial charge in [0.2, 0.25) is 34.8 Å². The normalized spacial score (nSPS) is 10.9. The Morgan fingerprint density at radius 3 is 2.12 bits per heavy atom. The van der Waals surface area contributed by atoms with Crippen molar-refractivity contribution < 1.29 is 31.5 Å². The number of hydrogen-bond acceptors (Lipinski definition) is 6. The molecule has 0 radical (unpaired) electrons. The molecule has 0 aliphatic carbocycles. The molecule has 0 saturated carbocycles. The van der Waals surface area contributed by atoms with Crippen LogP contribution in [0.15, 0.2) is 17.0 Å². The van der Waals surface area contributed by atoms with Crippen molar-refractivity contribution in [1.82, 2.24) is 9.97 Å². The van der Waals surface area contributed by atoms with E-state index in [9.17, 15) is 26.7 Å². The van der Waals surface area contributed by atoms with E-state index in [1.54, 1.807) is 5.38 Å². The number of carbonyl (C=O) groups excluding carboxylic acids is 1. The molecule has 0 N–H and O–H groups in total. The first-order valence-electron chi connectivity index (χ1n) is 5.99. The number of rotatable bonds is 3. The highest BCUT2D eigenvalue weighted by atomic mass is 32.1. The van der Waals surface area contributed by atoms with Gasteiger partial charge < -0.3 is 4.74 Å². The Morgan fingerprint density at radius 2 is 1.54 bits per heavy atom. The minimum absolute atomic E-state index is 0.342. The van der Waals surface area contributed by atoms with Gasteiger partial charge in [0.05, 0.1) is 0 Å². The fourth-order valence-corrected chi connectivity index (χ4v) is 3.10. The summed E-state index contributed by atoms with van der Waals surface area (Å²) in [6, 6.07) is 0. The first kappa shape index (κ1) is 16.5. The van der Waals surface area contributed by atoms with Crippen LogP contribution in [0.25, 0.3) is 10.0 Å². The molecule has 4 nitrogen and oxygen atoms in total. The van der Waals surface area contributed by atoms with E-state index in [4.69, 9.17) is 0 Å². The number of hydrogen-bond donors (Lipinski definition) is 0. The molecule has 0 aliphatic heterocycles. The van der Waals surface area contributed by atoms with Gasteiger partial charge in [0.15, 0.2) is 15.7 Å². The summed E-state index contributed by atoms with van der Waals surface area (Å²) in [5.41, 5.74) is -0.353. The summed E-state index contributed by atoms with van der Waals surface area (Å²) in [6.07, 6.45) is 1.51. The van der Waals surface area contributed by atoms with Crippen molar-refractivity contribution >= 4 is 28.6 Å². The third-order valence-corrected chi connectivity index (χ3v) is 4.45. The van der Waals surface area contributed by atoms with E-state index in [-0.39, 0.29) is 5.69 Å². The van der Waals surface area contributed by atoms with Crippen LogP contribution in [0.1, 0.15) is 10.5 Å². The quantitative estimate of drug-likeness (QED) is 0.226. The highest BCUT2D eigenvalue weighted by Gasteiger charge is 2.29. The van der Waals surface area contributed by atoms with Crippen LogP contribution in [-0.2, 0) is 0 Å². The minimum Gasteiger partial charge on any atom is -0.415 e. The summed E-state index contributed by atoms with van der Waals surface area (Å²) in [5, 5.41) is 3.72. The van der Waals surface area contributed by atoms with Crippen molar-refractivity contribution in [2.75, 3.05) is 0 Å². The molecule has 3 aromatic rings. The monoisotopic (exact) mass is 378 g/mol. The number of benzene rings is 1. The lowest BCUT2D eigenvalue weighted by Gasteiger charge is -2.07. The molecule has 0 bridgehead atoms. The number of thiazole rings is 2. The summed E-state index contributed by atoms with van der Waals surface area (Å²) >= 11 is 2.24. The predicted molar refractivity (Wildman–Crippen MR) is 74.4 cm³/mol. The van der Waals surface area contributed by atoms with Crippen molar-refractivity contribution in [2.24, 2.45) is 0 Å². The Kier molecular flexibility index (Phi) is 4.28. The number of esters is 1. The van der Waals surface area contributed by atoms with Gasteiger partial charge in [-0.3, -0.25) is 0 Å². The molecule has 0 aliphatic rings. The predicted octanol–water partition coefficient (Wildman–Crippen LogP) is 4.18. The van der Waals surface area contributed by atoms with E-state index >= 15 is 0 Å². The molecule has 0 atom stereocenters. The highest BCUT2D eigenvalue weighted by Crippen LogP contribution is 2.30. The van der Waals surface area contributed by atoms with Gasteiger partial charge in [-0.05, 0) is 0 Å². The first-order chi connectivity index (χ1) is 11.4. The lowest BCUT2D eigenvalue weighted by Crippen LogP contribution is -2.14. The largest absolute Gasteiger partial charge is 0.415 e. The Balaban J connectivity index is 1.91. The average Bonchev–Trinajstić information content (AvgIpc) is 3.25. The second-order valence-corrected chi connectivity index (χ2v) is 5.92. The molecule has 11 heteroatoms. The van der Waals surface area contributed by atoms with Gasteiger partial charge in [0, 0.05) is 17.0 Å². The van der Waals surface area contributed by atoms with E-state index in [1.165, 1.54) is 22.9 Å². The van der Waals surface area contributed by atoms with E-state index in [0.717, 1.165) is 11.3 Å². The van der Waals surface area contributed by atoms with Crippen LogP contribution in [0.4, 0.5) is 22.0 Å². The zero-order valence-corrected chi connectivity index (χ0v) is 12.8. The molecule has 124 valence electrons. The van der Waals surface area contributed by atoms with Crippen LogP contribution in [0.3, 0.4) is 0 Å². The fourth-order valence-electron chi connectivity index (χ4n) is 1.61. The van der Waals surface area contributed by atoms with Crippen LogP contribution in [-0.4, -0.2) is 15.9 Å². The van der Waals surface area contributed by atoms with Gasteiger partial charge in [-0.2, -0.15) is 8.78 Å². The van der Waals surface area contributed by atoms with Crippen LogP contribution < -0.4 is 4.74 Å². The van der Waals surface area contributed by atoms with Gasteiger partial charge in [0.1, 0.15) is 0 Å². The maximum atomic E-state index is 13.5. The molecule has 1 aromatic carbocycles. The fraction of sp³-hybridized carbons (Fsp3) is 0. The van der Waals surface area contributed by atoms with Crippen molar-refractivity contribution in [1.29, 1.82) is 0 Å². The minimum atomic E-state index is -2.34.